The molecule has 2 aromatic carbocycles. The molecule has 27 heavy (non-hydrogen) atoms. The minimum absolute atomic E-state index is 0.0700. The van der Waals surface area contributed by atoms with Crippen molar-refractivity contribution in [3.63, 3.8) is 0 Å². The lowest BCUT2D eigenvalue weighted by atomic mass is 10.2. The predicted molar refractivity (Wildman–Crippen MR) is 98.9 cm³/mol. The van der Waals surface area contributed by atoms with Gasteiger partial charge in [-0.1, -0.05) is 17.3 Å². The summed E-state index contributed by atoms with van der Waals surface area (Å²) < 4.78 is 9.74. The summed E-state index contributed by atoms with van der Waals surface area (Å²) in [6.45, 7) is -0.294. The van der Waals surface area contributed by atoms with Gasteiger partial charge in [0.25, 0.3) is 0 Å². The maximum atomic E-state index is 12.2. The van der Waals surface area contributed by atoms with Gasteiger partial charge in [-0.25, -0.2) is 14.6 Å². The average molecular weight is 370 g/mol. The van der Waals surface area contributed by atoms with E-state index >= 15 is 0 Å². The molecule has 9 nitrogen and oxygen atoms in total. The highest BCUT2D eigenvalue weighted by Gasteiger charge is 2.09. The Bertz CT molecular complexity index is 858. The highest BCUT2D eigenvalue weighted by molar-refractivity contribution is 5.92. The molecule has 0 aliphatic heterocycles. The molecule has 0 aliphatic rings. The predicted octanol–water partition coefficient (Wildman–Crippen LogP) is 1.33. The van der Waals surface area contributed by atoms with E-state index in [-0.39, 0.29) is 12.6 Å². The van der Waals surface area contributed by atoms with Crippen LogP contribution < -0.4 is 16.2 Å². The lowest BCUT2D eigenvalue weighted by Gasteiger charge is -2.05. The van der Waals surface area contributed by atoms with Gasteiger partial charge in [0.05, 0.1) is 24.6 Å². The number of esters is 2. The van der Waals surface area contributed by atoms with Gasteiger partial charge in [0.2, 0.25) is 6.61 Å². The van der Waals surface area contributed by atoms with Gasteiger partial charge in [-0.2, -0.15) is 0 Å². The van der Waals surface area contributed by atoms with Crippen LogP contribution in [0.25, 0.3) is 0 Å². The standard InChI is InChI=1S/C18H18N4O5/c1-25-16(23)11-26-21-10-12-3-2-4-15(9-12)27-17(24)13-5-7-14(8-6-13)22-18(19)20/h2-10H,11H2,1H3,(H4,19,20,22). The first-order valence-electron chi connectivity index (χ1n) is 7.72. The number of hydrogen-bond acceptors (Lipinski definition) is 7. The second kappa shape index (κ2) is 9.56. The van der Waals surface area contributed by atoms with Crippen LogP contribution in [0.5, 0.6) is 5.75 Å². The summed E-state index contributed by atoms with van der Waals surface area (Å²) in [5, 5.41) is 3.64. The van der Waals surface area contributed by atoms with Crippen LogP contribution in [0.2, 0.25) is 0 Å². The number of oxime groups is 1. The highest BCUT2D eigenvalue weighted by Crippen LogP contribution is 2.17. The van der Waals surface area contributed by atoms with Crippen molar-refractivity contribution >= 4 is 29.8 Å². The second-order valence-corrected chi connectivity index (χ2v) is 5.13. The zero-order valence-electron chi connectivity index (χ0n) is 14.5. The molecule has 0 saturated heterocycles. The molecule has 0 fully saturated rings. The first-order chi connectivity index (χ1) is 13.0. The fourth-order valence-corrected chi connectivity index (χ4v) is 1.89. The zero-order chi connectivity index (χ0) is 19.6. The molecular weight excluding hydrogens is 352 g/mol. The molecule has 2 rings (SSSR count). The third kappa shape index (κ3) is 6.50. The Balaban J connectivity index is 1.98. The summed E-state index contributed by atoms with van der Waals surface area (Å²) in [4.78, 5) is 31.8. The molecule has 0 spiro atoms. The number of aliphatic imine (C=N–C) groups is 1. The fraction of sp³-hybridized carbons (Fsp3) is 0.111. The third-order valence-electron chi connectivity index (χ3n) is 3.12. The second-order valence-electron chi connectivity index (χ2n) is 5.13. The number of carbonyl (C=O) groups excluding carboxylic acids is 2. The topological polar surface area (TPSA) is 139 Å². The first kappa shape index (κ1) is 19.4. The van der Waals surface area contributed by atoms with Gasteiger partial charge in [0.15, 0.2) is 5.96 Å². The Morgan fingerprint density at radius 1 is 1.11 bits per heavy atom. The number of hydrogen-bond donors (Lipinski definition) is 2. The minimum atomic E-state index is -0.541. The molecule has 0 unspecified atom stereocenters. The van der Waals surface area contributed by atoms with Gasteiger partial charge < -0.3 is 25.8 Å². The van der Waals surface area contributed by atoms with Gasteiger partial charge in [0.1, 0.15) is 5.75 Å². The van der Waals surface area contributed by atoms with Crippen LogP contribution in [-0.2, 0) is 14.4 Å². The molecule has 0 atom stereocenters. The number of nitrogens with zero attached hydrogens (tertiary/aromatic N) is 2. The van der Waals surface area contributed by atoms with E-state index in [0.29, 0.717) is 22.6 Å². The Kier molecular flexibility index (Phi) is 6.89. The highest BCUT2D eigenvalue weighted by atomic mass is 16.6. The summed E-state index contributed by atoms with van der Waals surface area (Å²) >= 11 is 0. The SMILES string of the molecule is COC(=O)CON=Cc1cccc(OC(=O)c2ccc(N=C(N)N)cc2)c1. The van der Waals surface area contributed by atoms with Crippen LogP contribution in [-0.4, -0.2) is 37.8 Å². The summed E-state index contributed by atoms with van der Waals surface area (Å²) in [6.07, 6.45) is 1.38. The number of guanidine groups is 1. The lowest BCUT2D eigenvalue weighted by molar-refractivity contribution is -0.145. The molecule has 140 valence electrons. The maximum Gasteiger partial charge on any atom is 0.346 e. The van der Waals surface area contributed by atoms with Crippen LogP contribution in [0.3, 0.4) is 0 Å². The molecule has 0 saturated carbocycles. The zero-order valence-corrected chi connectivity index (χ0v) is 14.5. The summed E-state index contributed by atoms with van der Waals surface area (Å²) in [7, 11) is 1.25. The van der Waals surface area contributed by atoms with Gasteiger partial charge >= 0.3 is 11.9 Å². The summed E-state index contributed by atoms with van der Waals surface area (Å²) in [5.74, 6) is -0.826. The molecule has 9 heteroatoms. The molecule has 0 heterocycles. The van der Waals surface area contributed by atoms with Crippen LogP contribution in [0.15, 0.2) is 58.7 Å². The van der Waals surface area contributed by atoms with Gasteiger partial charge in [-0.3, -0.25) is 0 Å². The Morgan fingerprint density at radius 2 is 1.85 bits per heavy atom. The number of carbonyl (C=O) groups is 2. The van der Waals surface area contributed by atoms with E-state index < -0.39 is 11.9 Å². The largest absolute Gasteiger partial charge is 0.466 e. The first-order valence-corrected chi connectivity index (χ1v) is 7.72. The van der Waals surface area contributed by atoms with E-state index in [0.717, 1.165) is 0 Å². The Labute approximate surface area is 155 Å². The van der Waals surface area contributed by atoms with Crippen molar-refractivity contribution in [1.82, 2.24) is 0 Å². The number of rotatable bonds is 7. The quantitative estimate of drug-likeness (QED) is 0.246. The van der Waals surface area contributed by atoms with Crippen molar-refractivity contribution in [2.45, 2.75) is 0 Å². The van der Waals surface area contributed by atoms with Gasteiger partial charge in [0, 0.05) is 0 Å². The van der Waals surface area contributed by atoms with Crippen molar-refractivity contribution in [3.8, 4) is 5.75 Å². The van der Waals surface area contributed by atoms with E-state index in [9.17, 15) is 9.59 Å². The molecule has 4 N–H and O–H groups in total. The van der Waals surface area contributed by atoms with Crippen molar-refractivity contribution < 1.29 is 23.9 Å². The lowest BCUT2D eigenvalue weighted by Crippen LogP contribution is -2.21. The van der Waals surface area contributed by atoms with Crippen molar-refractivity contribution in [2.75, 3.05) is 13.7 Å². The van der Waals surface area contributed by atoms with E-state index in [1.54, 1.807) is 48.5 Å². The van der Waals surface area contributed by atoms with E-state index in [1.807, 2.05) is 0 Å². The molecule has 0 aliphatic carbocycles. The van der Waals surface area contributed by atoms with Gasteiger partial charge in [-0.15, -0.1) is 0 Å². The number of benzene rings is 2. The van der Waals surface area contributed by atoms with E-state index in [1.165, 1.54) is 13.3 Å². The number of nitrogens with two attached hydrogens (primary N) is 2. The van der Waals surface area contributed by atoms with Crippen LogP contribution >= 0.6 is 0 Å². The number of methoxy groups -OCH3 is 1. The summed E-state index contributed by atoms with van der Waals surface area (Å²) in [5.41, 5.74) is 12.1. The average Bonchev–Trinajstić information content (AvgIpc) is 2.65. The van der Waals surface area contributed by atoms with Crippen LogP contribution in [0, 0.1) is 0 Å². The molecule has 0 radical (unpaired) electrons. The van der Waals surface area contributed by atoms with Crippen molar-refractivity contribution in [1.29, 1.82) is 0 Å². The minimum Gasteiger partial charge on any atom is -0.466 e. The van der Waals surface area contributed by atoms with E-state index in [2.05, 4.69) is 14.9 Å². The Morgan fingerprint density at radius 3 is 2.52 bits per heavy atom. The summed E-state index contributed by atoms with van der Waals surface area (Å²) in [6, 6.07) is 12.9. The van der Waals surface area contributed by atoms with E-state index in [4.69, 9.17) is 21.0 Å². The van der Waals surface area contributed by atoms with Gasteiger partial charge in [-0.05, 0) is 42.0 Å². The van der Waals surface area contributed by atoms with Crippen LogP contribution in [0.1, 0.15) is 15.9 Å². The molecular formula is C18H18N4O5. The van der Waals surface area contributed by atoms with Crippen molar-refractivity contribution in [3.05, 3.63) is 59.7 Å². The molecule has 0 bridgehead atoms. The third-order valence-corrected chi connectivity index (χ3v) is 3.12. The Hall–Kier alpha value is -3.88. The molecule has 2 aromatic rings. The fourth-order valence-electron chi connectivity index (χ4n) is 1.89. The molecule has 0 aromatic heterocycles. The van der Waals surface area contributed by atoms with Crippen molar-refractivity contribution in [2.24, 2.45) is 21.6 Å². The van der Waals surface area contributed by atoms with Crippen LogP contribution in [0.4, 0.5) is 5.69 Å². The molecule has 0 amide bonds. The monoisotopic (exact) mass is 370 g/mol. The smallest absolute Gasteiger partial charge is 0.346 e. The number of ether oxygens (including phenoxy) is 2. The normalized spacial score (nSPS) is 10.3. The maximum absolute atomic E-state index is 12.2.